The van der Waals surface area contributed by atoms with Gasteiger partial charge in [-0.05, 0) is 53.1 Å². The van der Waals surface area contributed by atoms with E-state index in [0.717, 1.165) is 5.56 Å². The molecule has 8 heteroatoms. The second-order valence-electron chi connectivity index (χ2n) is 8.95. The molecular formula is C30H26O8. The molecule has 4 aromatic carbocycles. The fourth-order valence-electron chi connectivity index (χ4n) is 4.84. The lowest BCUT2D eigenvalue weighted by Crippen LogP contribution is -2.11. The second-order valence-corrected chi connectivity index (χ2v) is 8.95. The Morgan fingerprint density at radius 2 is 1.34 bits per heavy atom. The molecule has 1 aliphatic rings. The Morgan fingerprint density at radius 3 is 1.97 bits per heavy atom. The molecule has 0 aliphatic carbocycles. The molecule has 0 aromatic heterocycles. The molecule has 0 saturated carbocycles. The second kappa shape index (κ2) is 9.82. The zero-order chi connectivity index (χ0) is 27.0. The molecule has 194 valence electrons. The highest BCUT2D eigenvalue weighted by Gasteiger charge is 2.40. The SMILES string of the molecule is COc1cc([C@H]2Oc3c(ccc(/C=C/c4cc(O)cc(O)c4)c3OC)[C@@H]2c2cc(O)cc(O)c2)ccc1O. The van der Waals surface area contributed by atoms with E-state index in [0.29, 0.717) is 33.8 Å². The van der Waals surface area contributed by atoms with Crippen LogP contribution >= 0.6 is 0 Å². The molecule has 0 saturated heterocycles. The van der Waals surface area contributed by atoms with Crippen LogP contribution in [0.15, 0.2) is 66.7 Å². The minimum absolute atomic E-state index is 0.0127. The van der Waals surface area contributed by atoms with Crippen molar-refractivity contribution >= 4 is 12.2 Å². The van der Waals surface area contributed by atoms with E-state index in [-0.39, 0.29) is 34.5 Å². The highest BCUT2D eigenvalue weighted by atomic mass is 16.5. The predicted octanol–water partition coefficient (Wildman–Crippen LogP) is 5.67. The fraction of sp³-hybridized carbons (Fsp3) is 0.133. The number of fused-ring (bicyclic) bond motifs is 1. The van der Waals surface area contributed by atoms with Crippen LogP contribution in [0.2, 0.25) is 0 Å². The van der Waals surface area contributed by atoms with Crippen molar-refractivity contribution in [1.82, 2.24) is 0 Å². The van der Waals surface area contributed by atoms with Crippen molar-refractivity contribution in [3.63, 3.8) is 0 Å². The molecule has 0 radical (unpaired) electrons. The topological polar surface area (TPSA) is 129 Å². The first-order chi connectivity index (χ1) is 18.3. The lowest BCUT2D eigenvalue weighted by molar-refractivity contribution is 0.213. The summed E-state index contributed by atoms with van der Waals surface area (Å²) in [5.74, 6) is 0.492. The summed E-state index contributed by atoms with van der Waals surface area (Å²) in [6, 6.07) is 17.4. The Kier molecular flexibility index (Phi) is 6.38. The largest absolute Gasteiger partial charge is 0.508 e. The Labute approximate surface area is 218 Å². The highest BCUT2D eigenvalue weighted by molar-refractivity contribution is 5.77. The molecule has 8 nitrogen and oxygen atoms in total. The number of hydrogen-bond donors (Lipinski definition) is 5. The summed E-state index contributed by atoms with van der Waals surface area (Å²) in [7, 11) is 2.99. The first kappa shape index (κ1) is 24.7. The van der Waals surface area contributed by atoms with Gasteiger partial charge < -0.3 is 39.7 Å². The number of aromatic hydroxyl groups is 5. The van der Waals surface area contributed by atoms with Gasteiger partial charge in [0.2, 0.25) is 0 Å². The van der Waals surface area contributed by atoms with E-state index in [9.17, 15) is 25.5 Å². The molecule has 0 unspecified atom stereocenters. The molecule has 4 aromatic rings. The van der Waals surface area contributed by atoms with E-state index in [1.54, 1.807) is 36.4 Å². The maximum atomic E-state index is 10.2. The van der Waals surface area contributed by atoms with Gasteiger partial charge in [-0.3, -0.25) is 0 Å². The number of rotatable bonds is 6. The number of ether oxygens (including phenoxy) is 3. The van der Waals surface area contributed by atoms with Gasteiger partial charge in [0.1, 0.15) is 29.1 Å². The quantitative estimate of drug-likeness (QED) is 0.208. The molecule has 0 bridgehead atoms. The summed E-state index contributed by atoms with van der Waals surface area (Å²) < 4.78 is 17.6. The molecular weight excluding hydrogens is 488 g/mol. The number of phenolic OH excluding ortho intramolecular Hbond substituents is 5. The van der Waals surface area contributed by atoms with Crippen molar-refractivity contribution in [2.24, 2.45) is 0 Å². The summed E-state index contributed by atoms with van der Waals surface area (Å²) in [6.45, 7) is 0. The number of methoxy groups -OCH3 is 2. The van der Waals surface area contributed by atoms with E-state index in [1.165, 1.54) is 44.6 Å². The third kappa shape index (κ3) is 4.59. The van der Waals surface area contributed by atoms with Crippen LogP contribution in [0.4, 0.5) is 0 Å². The number of phenols is 5. The van der Waals surface area contributed by atoms with Crippen LogP contribution in [0.25, 0.3) is 12.2 Å². The van der Waals surface area contributed by atoms with Crippen LogP contribution in [0, 0.1) is 0 Å². The Bertz CT molecular complexity index is 1500. The molecule has 0 fully saturated rings. The normalized spacial score (nSPS) is 16.3. The summed E-state index contributed by atoms with van der Waals surface area (Å²) in [5.41, 5.74) is 3.39. The molecule has 5 rings (SSSR count). The van der Waals surface area contributed by atoms with Gasteiger partial charge >= 0.3 is 0 Å². The summed E-state index contributed by atoms with van der Waals surface area (Å²) in [5, 5.41) is 50.1. The highest BCUT2D eigenvalue weighted by Crippen LogP contribution is 2.55. The summed E-state index contributed by atoms with van der Waals surface area (Å²) in [6.07, 6.45) is 2.91. The lowest BCUT2D eigenvalue weighted by Gasteiger charge is -2.21. The smallest absolute Gasteiger partial charge is 0.168 e. The first-order valence-corrected chi connectivity index (χ1v) is 11.8. The minimum atomic E-state index is -0.600. The third-order valence-corrected chi connectivity index (χ3v) is 6.46. The van der Waals surface area contributed by atoms with Gasteiger partial charge in [0, 0.05) is 23.3 Å². The van der Waals surface area contributed by atoms with Crippen LogP contribution in [0.1, 0.15) is 39.8 Å². The molecule has 2 atom stereocenters. The van der Waals surface area contributed by atoms with Gasteiger partial charge in [-0.2, -0.15) is 0 Å². The maximum Gasteiger partial charge on any atom is 0.168 e. The molecule has 1 aliphatic heterocycles. The van der Waals surface area contributed by atoms with Gasteiger partial charge in [0.05, 0.1) is 20.1 Å². The van der Waals surface area contributed by atoms with Gasteiger partial charge in [0.25, 0.3) is 0 Å². The van der Waals surface area contributed by atoms with Crippen LogP contribution in [-0.2, 0) is 0 Å². The van der Waals surface area contributed by atoms with Crippen molar-refractivity contribution in [1.29, 1.82) is 0 Å². The summed E-state index contributed by atoms with van der Waals surface area (Å²) >= 11 is 0. The molecule has 1 heterocycles. The average molecular weight is 515 g/mol. The zero-order valence-corrected chi connectivity index (χ0v) is 20.6. The van der Waals surface area contributed by atoms with E-state index in [2.05, 4.69) is 0 Å². The Balaban J connectivity index is 1.63. The molecule has 0 amide bonds. The lowest BCUT2D eigenvalue weighted by atomic mass is 9.84. The van der Waals surface area contributed by atoms with Crippen molar-refractivity contribution < 1.29 is 39.7 Å². The number of benzene rings is 4. The van der Waals surface area contributed by atoms with Gasteiger partial charge in [0.15, 0.2) is 23.0 Å². The monoisotopic (exact) mass is 514 g/mol. The minimum Gasteiger partial charge on any atom is -0.508 e. The van der Waals surface area contributed by atoms with E-state index in [1.807, 2.05) is 12.1 Å². The van der Waals surface area contributed by atoms with Crippen LogP contribution in [0.5, 0.6) is 46.0 Å². The van der Waals surface area contributed by atoms with E-state index < -0.39 is 12.0 Å². The standard InChI is InChI=1S/C30H26O8/c1-36-26-13-18(6-8-25(26)35)28-27(19-11-22(33)15-23(34)12-19)24-7-5-17(29(37-2)30(24)38-28)4-3-16-9-20(31)14-21(32)10-16/h3-15,27-28,31-35H,1-2H3/b4-3+/t27-,28+/m0/s1. The van der Waals surface area contributed by atoms with Gasteiger partial charge in [-0.1, -0.05) is 30.4 Å². The van der Waals surface area contributed by atoms with Gasteiger partial charge in [-0.15, -0.1) is 0 Å². The van der Waals surface area contributed by atoms with Crippen LogP contribution in [-0.4, -0.2) is 39.8 Å². The maximum absolute atomic E-state index is 10.2. The molecule has 38 heavy (non-hydrogen) atoms. The zero-order valence-electron chi connectivity index (χ0n) is 20.6. The predicted molar refractivity (Wildman–Crippen MR) is 141 cm³/mol. The molecule has 5 N–H and O–H groups in total. The summed E-state index contributed by atoms with van der Waals surface area (Å²) in [4.78, 5) is 0. The first-order valence-electron chi connectivity index (χ1n) is 11.8. The van der Waals surface area contributed by atoms with Crippen molar-refractivity contribution in [3.05, 3.63) is 94.5 Å². The van der Waals surface area contributed by atoms with Crippen molar-refractivity contribution in [3.8, 4) is 46.0 Å². The van der Waals surface area contributed by atoms with E-state index in [4.69, 9.17) is 14.2 Å². The third-order valence-electron chi connectivity index (χ3n) is 6.46. The van der Waals surface area contributed by atoms with Gasteiger partial charge in [-0.25, -0.2) is 0 Å². The van der Waals surface area contributed by atoms with Crippen LogP contribution in [0.3, 0.4) is 0 Å². The molecule has 0 spiro atoms. The fourth-order valence-corrected chi connectivity index (χ4v) is 4.84. The van der Waals surface area contributed by atoms with E-state index >= 15 is 0 Å². The Morgan fingerprint density at radius 1 is 0.684 bits per heavy atom. The Hall–Kier alpha value is -4.98. The van der Waals surface area contributed by atoms with Crippen LogP contribution < -0.4 is 14.2 Å². The van der Waals surface area contributed by atoms with Crippen molar-refractivity contribution in [2.75, 3.05) is 14.2 Å². The number of hydrogen-bond acceptors (Lipinski definition) is 8. The van der Waals surface area contributed by atoms with Crippen molar-refractivity contribution in [2.45, 2.75) is 12.0 Å². The average Bonchev–Trinajstić information content (AvgIpc) is 3.26.